The molecule has 118 valence electrons. The van der Waals surface area contributed by atoms with Crippen LogP contribution >= 0.6 is 11.8 Å². The van der Waals surface area contributed by atoms with Gasteiger partial charge in [0.05, 0.1) is 11.8 Å². The number of halogens is 2. The molecule has 1 heterocycles. The van der Waals surface area contributed by atoms with Gasteiger partial charge >= 0.3 is 0 Å². The van der Waals surface area contributed by atoms with Crippen LogP contribution in [0.1, 0.15) is 38.2 Å². The number of hydrogen-bond donors (Lipinski definition) is 1. The Kier molecular flexibility index (Phi) is 4.76. The second-order valence-corrected chi connectivity index (χ2v) is 6.82. The predicted molar refractivity (Wildman–Crippen MR) is 87.3 cm³/mol. The van der Waals surface area contributed by atoms with Crippen molar-refractivity contribution in [3.63, 3.8) is 0 Å². The van der Waals surface area contributed by atoms with E-state index < -0.39 is 11.6 Å². The molecule has 3 rings (SSSR count). The van der Waals surface area contributed by atoms with E-state index in [9.17, 15) is 8.78 Å². The molecule has 1 aromatic carbocycles. The largest absolute Gasteiger partial charge is 0.258 e. The summed E-state index contributed by atoms with van der Waals surface area (Å²) in [6.45, 7) is 2.25. The molecule has 1 aliphatic carbocycles. The van der Waals surface area contributed by atoms with Crippen LogP contribution in [-0.2, 0) is 0 Å². The Morgan fingerprint density at radius 3 is 2.73 bits per heavy atom. The number of benzene rings is 1. The van der Waals surface area contributed by atoms with Gasteiger partial charge in [0.15, 0.2) is 16.8 Å². The maximum absolute atomic E-state index is 13.3. The maximum atomic E-state index is 13.3. The summed E-state index contributed by atoms with van der Waals surface area (Å²) in [5.74, 6) is -0.465. The lowest BCUT2D eigenvalue weighted by atomic mass is 9.86. The van der Waals surface area contributed by atoms with Gasteiger partial charge in [-0.15, -0.1) is 0 Å². The van der Waals surface area contributed by atoms with Crippen LogP contribution in [0.25, 0.3) is 0 Å². The van der Waals surface area contributed by atoms with Crippen molar-refractivity contribution < 1.29 is 8.78 Å². The average molecular weight is 323 g/mol. The number of amidine groups is 1. The van der Waals surface area contributed by atoms with Crippen molar-refractivity contribution in [3.05, 3.63) is 35.4 Å². The molecule has 3 nitrogen and oxygen atoms in total. The van der Waals surface area contributed by atoms with Crippen LogP contribution in [0.2, 0.25) is 0 Å². The van der Waals surface area contributed by atoms with Gasteiger partial charge in [0.25, 0.3) is 0 Å². The Morgan fingerprint density at radius 1 is 1.23 bits per heavy atom. The highest BCUT2D eigenvalue weighted by atomic mass is 32.2. The fourth-order valence-electron chi connectivity index (χ4n) is 2.85. The van der Waals surface area contributed by atoms with Gasteiger partial charge in [-0.3, -0.25) is 10.4 Å². The summed E-state index contributed by atoms with van der Waals surface area (Å²) in [5, 5.41) is 5.09. The number of nitrogens with zero attached hydrogens (tertiary/aromatic N) is 2. The van der Waals surface area contributed by atoms with Crippen molar-refractivity contribution in [2.75, 3.05) is 5.75 Å². The lowest BCUT2D eigenvalue weighted by molar-refractivity contribution is 0.333. The summed E-state index contributed by atoms with van der Waals surface area (Å²) in [6, 6.07) is 4.22. The zero-order valence-electron chi connectivity index (χ0n) is 12.5. The monoisotopic (exact) mass is 323 g/mol. The highest BCUT2D eigenvalue weighted by Crippen LogP contribution is 2.27. The molecule has 0 radical (unpaired) electrons. The third kappa shape index (κ3) is 3.48. The minimum Gasteiger partial charge on any atom is -0.258 e. The van der Waals surface area contributed by atoms with Crippen molar-refractivity contribution in [3.8, 4) is 0 Å². The highest BCUT2D eigenvalue weighted by molar-refractivity contribution is 8.14. The van der Waals surface area contributed by atoms with E-state index in [1.807, 2.05) is 0 Å². The summed E-state index contributed by atoms with van der Waals surface area (Å²) in [5.41, 5.74) is 4.26. The van der Waals surface area contributed by atoms with E-state index in [1.165, 1.54) is 25.3 Å². The molecule has 1 aliphatic heterocycles. The van der Waals surface area contributed by atoms with Gasteiger partial charge in [0.2, 0.25) is 0 Å². The summed E-state index contributed by atoms with van der Waals surface area (Å²) < 4.78 is 26.3. The third-order valence-electron chi connectivity index (χ3n) is 4.23. The van der Waals surface area contributed by atoms with Crippen molar-refractivity contribution in [1.29, 1.82) is 0 Å². The van der Waals surface area contributed by atoms with Gasteiger partial charge in [-0.2, -0.15) is 5.10 Å². The smallest absolute Gasteiger partial charge is 0.177 e. The first-order valence-electron chi connectivity index (χ1n) is 7.62. The van der Waals surface area contributed by atoms with Crippen LogP contribution in [-0.4, -0.2) is 22.7 Å². The molecule has 0 amide bonds. The van der Waals surface area contributed by atoms with Gasteiger partial charge in [-0.25, -0.2) is 8.78 Å². The molecule has 0 unspecified atom stereocenters. The van der Waals surface area contributed by atoms with Crippen molar-refractivity contribution in [2.45, 2.75) is 38.6 Å². The second kappa shape index (κ2) is 6.77. The zero-order chi connectivity index (χ0) is 15.5. The standard InChI is InChI=1S/C16H19F2N3S/c1-10-4-2-3-5-14(10)19-16-21-20-15(9-22-16)11-6-7-12(17)13(18)8-11/h6-8,10,14H,2-5,9H2,1H3,(H,19,21)/t10-,14+/m1/s1. The minimum absolute atomic E-state index is 0.365. The maximum Gasteiger partial charge on any atom is 0.177 e. The minimum atomic E-state index is -0.847. The lowest BCUT2D eigenvalue weighted by Gasteiger charge is -2.26. The molecular weight excluding hydrogens is 304 g/mol. The Balaban J connectivity index is 1.70. The quantitative estimate of drug-likeness (QED) is 0.895. The molecule has 1 aromatic rings. The number of aliphatic imine (C=N–C) groups is 1. The van der Waals surface area contributed by atoms with Crippen LogP contribution in [0.5, 0.6) is 0 Å². The molecule has 0 aromatic heterocycles. The number of nitrogens with one attached hydrogen (secondary N) is 1. The van der Waals surface area contributed by atoms with E-state index >= 15 is 0 Å². The normalized spacial score (nSPS) is 27.4. The zero-order valence-corrected chi connectivity index (χ0v) is 13.3. The van der Waals surface area contributed by atoms with Crippen LogP contribution in [0.3, 0.4) is 0 Å². The Bertz CT molecular complexity index is 615. The molecule has 2 aliphatic rings. The molecule has 1 saturated carbocycles. The molecule has 0 bridgehead atoms. The number of hydrogen-bond acceptors (Lipinski definition) is 3. The lowest BCUT2D eigenvalue weighted by Crippen LogP contribution is -2.29. The number of rotatable bonds is 2. The first-order chi connectivity index (χ1) is 10.6. The molecule has 0 saturated heterocycles. The van der Waals surface area contributed by atoms with E-state index in [1.54, 1.807) is 17.8 Å². The summed E-state index contributed by atoms with van der Waals surface area (Å²) in [6.07, 6.45) is 4.89. The first kappa shape index (κ1) is 15.5. The Hall–Kier alpha value is -1.43. The van der Waals surface area contributed by atoms with E-state index in [4.69, 9.17) is 4.99 Å². The van der Waals surface area contributed by atoms with E-state index in [0.29, 0.717) is 29.0 Å². The number of thioether (sulfide) groups is 1. The Morgan fingerprint density at radius 2 is 2.05 bits per heavy atom. The van der Waals surface area contributed by atoms with Crippen LogP contribution in [0.15, 0.2) is 28.3 Å². The summed E-state index contributed by atoms with van der Waals surface area (Å²) in [4.78, 5) is 4.76. The van der Waals surface area contributed by atoms with E-state index in [-0.39, 0.29) is 0 Å². The third-order valence-corrected chi connectivity index (χ3v) is 5.12. The molecule has 1 N–H and O–H groups in total. The summed E-state index contributed by atoms with van der Waals surface area (Å²) >= 11 is 1.56. The van der Waals surface area contributed by atoms with Gasteiger partial charge in [0, 0.05) is 11.3 Å². The van der Waals surface area contributed by atoms with E-state index in [2.05, 4.69) is 17.5 Å². The molecule has 6 heteroatoms. The van der Waals surface area contributed by atoms with Gasteiger partial charge < -0.3 is 0 Å². The van der Waals surface area contributed by atoms with Crippen LogP contribution in [0, 0.1) is 17.6 Å². The number of hydrazone groups is 1. The van der Waals surface area contributed by atoms with Crippen LogP contribution < -0.4 is 5.43 Å². The second-order valence-electron chi connectivity index (χ2n) is 5.85. The molecule has 22 heavy (non-hydrogen) atoms. The summed E-state index contributed by atoms with van der Waals surface area (Å²) in [7, 11) is 0. The van der Waals surface area contributed by atoms with Crippen molar-refractivity contribution in [1.82, 2.24) is 5.43 Å². The SMILES string of the molecule is C[C@@H]1CCCC[C@@H]1N=C1NN=C(c2ccc(F)c(F)c2)CS1. The molecule has 2 atom stereocenters. The Labute approximate surface area is 133 Å². The molecule has 1 fully saturated rings. The van der Waals surface area contributed by atoms with Gasteiger partial charge in [0.1, 0.15) is 0 Å². The van der Waals surface area contributed by atoms with E-state index in [0.717, 1.165) is 17.7 Å². The van der Waals surface area contributed by atoms with Crippen LogP contribution in [0.4, 0.5) is 8.78 Å². The van der Waals surface area contributed by atoms with Crippen molar-refractivity contribution in [2.24, 2.45) is 16.0 Å². The van der Waals surface area contributed by atoms with Gasteiger partial charge in [-0.1, -0.05) is 31.5 Å². The molecular formula is C16H19F2N3S. The predicted octanol–water partition coefficient (Wildman–Crippen LogP) is 3.94. The van der Waals surface area contributed by atoms with Crippen molar-refractivity contribution >= 4 is 22.6 Å². The van der Waals surface area contributed by atoms with Gasteiger partial charge in [-0.05, 0) is 37.0 Å². The first-order valence-corrected chi connectivity index (χ1v) is 8.60. The topological polar surface area (TPSA) is 36.8 Å². The highest BCUT2D eigenvalue weighted by Gasteiger charge is 2.22. The fourth-order valence-corrected chi connectivity index (χ4v) is 3.67. The molecule has 0 spiro atoms. The average Bonchev–Trinajstić information content (AvgIpc) is 2.53. The fraction of sp³-hybridized carbons (Fsp3) is 0.500.